The van der Waals surface area contributed by atoms with E-state index in [1.807, 2.05) is 18.2 Å². The molecule has 1 aromatic rings. The smallest absolute Gasteiger partial charge is 0.238 e. The minimum absolute atomic E-state index is 0.0408. The molecule has 0 aliphatic carbocycles. The quantitative estimate of drug-likeness (QED) is 0.745. The zero-order valence-corrected chi connectivity index (χ0v) is 11.9. The number of amides is 1. The fourth-order valence-corrected chi connectivity index (χ4v) is 2.23. The van der Waals surface area contributed by atoms with E-state index in [0.29, 0.717) is 12.5 Å². The average Bonchev–Trinajstić information content (AvgIpc) is 2.97. The molecule has 1 saturated heterocycles. The minimum Gasteiger partial charge on any atom is -0.497 e. The van der Waals surface area contributed by atoms with Gasteiger partial charge < -0.3 is 20.1 Å². The van der Waals surface area contributed by atoms with Gasteiger partial charge in [0.05, 0.1) is 13.7 Å². The van der Waals surface area contributed by atoms with Gasteiger partial charge in [-0.15, -0.1) is 0 Å². The van der Waals surface area contributed by atoms with Crippen molar-refractivity contribution < 1.29 is 14.3 Å². The molecule has 2 rings (SSSR count). The van der Waals surface area contributed by atoms with Crippen LogP contribution < -0.4 is 15.4 Å². The lowest BCUT2D eigenvalue weighted by molar-refractivity contribution is -0.115. The van der Waals surface area contributed by atoms with E-state index in [0.717, 1.165) is 44.0 Å². The number of ether oxygens (including phenoxy) is 2. The molecular weight excluding hydrogens is 256 g/mol. The molecule has 0 bridgehead atoms. The summed E-state index contributed by atoms with van der Waals surface area (Å²) in [5, 5.41) is 6.00. The first-order valence-electron chi connectivity index (χ1n) is 7.00. The van der Waals surface area contributed by atoms with Crippen LogP contribution in [0.2, 0.25) is 0 Å². The highest BCUT2D eigenvalue weighted by molar-refractivity contribution is 5.92. The average molecular weight is 278 g/mol. The predicted octanol–water partition coefficient (Wildman–Crippen LogP) is 1.65. The SMILES string of the molecule is COc1cccc(NC(=O)CNCCC2CCOC2)c1. The molecule has 1 heterocycles. The summed E-state index contributed by atoms with van der Waals surface area (Å²) in [7, 11) is 1.61. The summed E-state index contributed by atoms with van der Waals surface area (Å²) >= 11 is 0. The molecule has 1 atom stereocenters. The summed E-state index contributed by atoms with van der Waals surface area (Å²) in [4.78, 5) is 11.8. The van der Waals surface area contributed by atoms with Gasteiger partial charge in [0.25, 0.3) is 0 Å². The second-order valence-electron chi connectivity index (χ2n) is 4.98. The van der Waals surface area contributed by atoms with E-state index in [1.54, 1.807) is 13.2 Å². The van der Waals surface area contributed by atoms with Gasteiger partial charge in [-0.3, -0.25) is 4.79 Å². The highest BCUT2D eigenvalue weighted by atomic mass is 16.5. The van der Waals surface area contributed by atoms with Crippen molar-refractivity contribution in [2.24, 2.45) is 5.92 Å². The summed E-state index contributed by atoms with van der Waals surface area (Å²) in [6, 6.07) is 7.34. The fraction of sp³-hybridized carbons (Fsp3) is 0.533. The number of methoxy groups -OCH3 is 1. The van der Waals surface area contributed by atoms with Crippen LogP contribution in [0.1, 0.15) is 12.8 Å². The molecule has 1 aromatic carbocycles. The summed E-state index contributed by atoms with van der Waals surface area (Å²) in [5.41, 5.74) is 0.750. The van der Waals surface area contributed by atoms with Crippen LogP contribution in [-0.4, -0.2) is 39.3 Å². The van der Waals surface area contributed by atoms with Crippen LogP contribution in [-0.2, 0) is 9.53 Å². The number of rotatable bonds is 7. The lowest BCUT2D eigenvalue weighted by Crippen LogP contribution is -2.29. The zero-order valence-electron chi connectivity index (χ0n) is 11.9. The largest absolute Gasteiger partial charge is 0.497 e. The van der Waals surface area contributed by atoms with E-state index in [9.17, 15) is 4.79 Å². The molecule has 5 heteroatoms. The van der Waals surface area contributed by atoms with Crippen molar-refractivity contribution in [3.8, 4) is 5.75 Å². The summed E-state index contributed by atoms with van der Waals surface area (Å²) in [6.07, 6.45) is 2.20. The number of carbonyl (C=O) groups excluding carboxylic acids is 1. The van der Waals surface area contributed by atoms with Crippen LogP contribution in [0, 0.1) is 5.92 Å². The molecule has 1 amide bonds. The van der Waals surface area contributed by atoms with Gasteiger partial charge in [0.15, 0.2) is 0 Å². The van der Waals surface area contributed by atoms with Crippen LogP contribution in [0.3, 0.4) is 0 Å². The molecule has 1 aliphatic heterocycles. The van der Waals surface area contributed by atoms with Crippen LogP contribution in [0.15, 0.2) is 24.3 Å². The molecule has 2 N–H and O–H groups in total. The van der Waals surface area contributed by atoms with Gasteiger partial charge in [0.2, 0.25) is 5.91 Å². The Morgan fingerprint density at radius 2 is 2.40 bits per heavy atom. The molecule has 0 spiro atoms. The van der Waals surface area contributed by atoms with Gasteiger partial charge in [-0.1, -0.05) is 6.07 Å². The van der Waals surface area contributed by atoms with Crippen molar-refractivity contribution in [1.82, 2.24) is 5.32 Å². The molecule has 5 nitrogen and oxygen atoms in total. The molecule has 1 aliphatic rings. The first-order chi connectivity index (χ1) is 9.78. The molecule has 1 unspecified atom stereocenters. The third kappa shape index (κ3) is 4.83. The van der Waals surface area contributed by atoms with Crippen LogP contribution >= 0.6 is 0 Å². The number of nitrogens with one attached hydrogen (secondary N) is 2. The van der Waals surface area contributed by atoms with Gasteiger partial charge in [-0.05, 0) is 37.4 Å². The van der Waals surface area contributed by atoms with Crippen LogP contribution in [0.25, 0.3) is 0 Å². The molecule has 110 valence electrons. The molecule has 0 radical (unpaired) electrons. The Hall–Kier alpha value is -1.59. The van der Waals surface area contributed by atoms with Gasteiger partial charge in [0.1, 0.15) is 5.75 Å². The highest BCUT2D eigenvalue weighted by Crippen LogP contribution is 2.16. The van der Waals surface area contributed by atoms with Gasteiger partial charge in [-0.25, -0.2) is 0 Å². The Bertz CT molecular complexity index is 431. The third-order valence-electron chi connectivity index (χ3n) is 3.39. The fourth-order valence-electron chi connectivity index (χ4n) is 2.23. The van der Waals surface area contributed by atoms with E-state index in [-0.39, 0.29) is 5.91 Å². The minimum atomic E-state index is -0.0408. The van der Waals surface area contributed by atoms with Crippen molar-refractivity contribution in [3.05, 3.63) is 24.3 Å². The lowest BCUT2D eigenvalue weighted by Gasteiger charge is -2.09. The van der Waals surface area contributed by atoms with E-state index in [4.69, 9.17) is 9.47 Å². The van der Waals surface area contributed by atoms with Crippen LogP contribution in [0.4, 0.5) is 5.69 Å². The second kappa shape index (κ2) is 7.87. The standard InChI is InChI=1S/C15H22N2O3/c1-19-14-4-2-3-13(9-14)17-15(18)10-16-7-5-12-6-8-20-11-12/h2-4,9,12,16H,5-8,10-11H2,1H3,(H,17,18). The monoisotopic (exact) mass is 278 g/mol. The van der Waals surface area contributed by atoms with E-state index < -0.39 is 0 Å². The van der Waals surface area contributed by atoms with E-state index >= 15 is 0 Å². The molecular formula is C15H22N2O3. The van der Waals surface area contributed by atoms with E-state index in [1.165, 1.54) is 0 Å². The third-order valence-corrected chi connectivity index (χ3v) is 3.39. The maximum Gasteiger partial charge on any atom is 0.238 e. The number of hydrogen-bond acceptors (Lipinski definition) is 4. The number of carbonyl (C=O) groups is 1. The molecule has 20 heavy (non-hydrogen) atoms. The lowest BCUT2D eigenvalue weighted by atomic mass is 10.1. The van der Waals surface area contributed by atoms with E-state index in [2.05, 4.69) is 10.6 Å². The number of anilines is 1. The second-order valence-corrected chi connectivity index (χ2v) is 4.98. The van der Waals surface area contributed by atoms with Gasteiger partial charge in [0, 0.05) is 25.0 Å². The Morgan fingerprint density at radius 1 is 1.50 bits per heavy atom. The Morgan fingerprint density at radius 3 is 3.15 bits per heavy atom. The Kier molecular flexibility index (Phi) is 5.83. The summed E-state index contributed by atoms with van der Waals surface area (Å²) in [6.45, 7) is 2.91. The van der Waals surface area contributed by atoms with Crippen molar-refractivity contribution in [3.63, 3.8) is 0 Å². The Balaban J connectivity index is 1.64. The first-order valence-corrected chi connectivity index (χ1v) is 7.00. The summed E-state index contributed by atoms with van der Waals surface area (Å²) < 4.78 is 10.4. The predicted molar refractivity (Wildman–Crippen MR) is 78.0 cm³/mol. The van der Waals surface area contributed by atoms with Gasteiger partial charge >= 0.3 is 0 Å². The van der Waals surface area contributed by atoms with Crippen molar-refractivity contribution >= 4 is 11.6 Å². The van der Waals surface area contributed by atoms with Crippen molar-refractivity contribution in [1.29, 1.82) is 0 Å². The molecule has 0 saturated carbocycles. The molecule has 1 fully saturated rings. The zero-order chi connectivity index (χ0) is 14.2. The number of hydrogen-bond donors (Lipinski definition) is 2. The maximum absolute atomic E-state index is 11.8. The highest BCUT2D eigenvalue weighted by Gasteiger charge is 2.14. The summed E-state index contributed by atoms with van der Waals surface area (Å²) in [5.74, 6) is 1.34. The number of benzene rings is 1. The first kappa shape index (κ1) is 14.8. The van der Waals surface area contributed by atoms with Gasteiger partial charge in [-0.2, -0.15) is 0 Å². The Labute approximate surface area is 119 Å². The molecule has 0 aromatic heterocycles. The van der Waals surface area contributed by atoms with Crippen molar-refractivity contribution in [2.75, 3.05) is 38.7 Å². The topological polar surface area (TPSA) is 59.6 Å². The normalized spacial score (nSPS) is 17.9. The van der Waals surface area contributed by atoms with Crippen molar-refractivity contribution in [2.45, 2.75) is 12.8 Å². The van der Waals surface area contributed by atoms with Crippen LogP contribution in [0.5, 0.6) is 5.75 Å². The maximum atomic E-state index is 11.8.